The van der Waals surface area contributed by atoms with Gasteiger partial charge in [-0.15, -0.1) is 0 Å². The van der Waals surface area contributed by atoms with E-state index in [0.29, 0.717) is 28.7 Å². The van der Waals surface area contributed by atoms with Gasteiger partial charge in [0.05, 0.1) is 12.2 Å². The van der Waals surface area contributed by atoms with Crippen LogP contribution in [-0.2, 0) is 22.6 Å². The summed E-state index contributed by atoms with van der Waals surface area (Å²) in [5.41, 5.74) is 1.41. The van der Waals surface area contributed by atoms with Crippen LogP contribution in [0.2, 0.25) is 10.0 Å². The van der Waals surface area contributed by atoms with E-state index in [1.54, 1.807) is 35.1 Å². The van der Waals surface area contributed by atoms with Crippen molar-refractivity contribution in [3.05, 3.63) is 51.8 Å². The molecule has 0 fully saturated rings. The van der Waals surface area contributed by atoms with Crippen LogP contribution in [0.1, 0.15) is 31.5 Å². The molecule has 0 bridgehead atoms. The van der Waals surface area contributed by atoms with Gasteiger partial charge in [-0.3, -0.25) is 19.6 Å². The van der Waals surface area contributed by atoms with Gasteiger partial charge in [-0.2, -0.15) is 5.10 Å². The van der Waals surface area contributed by atoms with E-state index in [2.05, 4.69) is 10.4 Å². The summed E-state index contributed by atoms with van der Waals surface area (Å²) in [4.78, 5) is 23.0. The van der Waals surface area contributed by atoms with E-state index in [9.17, 15) is 19.8 Å². The fourth-order valence-electron chi connectivity index (χ4n) is 2.87. The average molecular weight is 428 g/mol. The normalized spacial score (nSPS) is 13.5. The third-order valence-corrected chi connectivity index (χ3v) is 4.52. The van der Waals surface area contributed by atoms with Gasteiger partial charge in [0, 0.05) is 22.7 Å². The van der Waals surface area contributed by atoms with Gasteiger partial charge < -0.3 is 10.2 Å². The van der Waals surface area contributed by atoms with Gasteiger partial charge in [-0.05, 0) is 42.2 Å². The quantitative estimate of drug-likeness (QED) is 0.536. The fraction of sp³-hybridized carbons (Fsp3) is 0.421. The van der Waals surface area contributed by atoms with E-state index >= 15 is 0 Å². The van der Waals surface area contributed by atoms with Crippen molar-refractivity contribution in [3.63, 3.8) is 0 Å². The Morgan fingerprint density at radius 3 is 2.25 bits per heavy atom. The molecule has 1 aromatic heterocycles. The van der Waals surface area contributed by atoms with Crippen LogP contribution in [0.25, 0.3) is 0 Å². The topological polar surface area (TPSA) is 104 Å². The molecule has 2 unspecified atom stereocenters. The molecule has 1 aromatic carbocycles. The van der Waals surface area contributed by atoms with Crippen LogP contribution in [0.15, 0.2) is 30.5 Å². The highest BCUT2D eigenvalue weighted by molar-refractivity contribution is 6.34. The van der Waals surface area contributed by atoms with E-state index in [1.807, 2.05) is 13.8 Å². The Bertz CT molecular complexity index is 818. The Morgan fingerprint density at radius 1 is 1.11 bits per heavy atom. The first kappa shape index (κ1) is 22.2. The highest BCUT2D eigenvalue weighted by atomic mass is 35.5. The molecule has 2 aromatic rings. The van der Waals surface area contributed by atoms with Crippen molar-refractivity contribution in [1.82, 2.24) is 15.1 Å². The van der Waals surface area contributed by atoms with E-state index < -0.39 is 24.0 Å². The summed E-state index contributed by atoms with van der Waals surface area (Å²) >= 11 is 12.0. The first-order chi connectivity index (χ1) is 13.1. The number of hydrogen-bond donors (Lipinski definition) is 3. The summed E-state index contributed by atoms with van der Waals surface area (Å²) in [7, 11) is 0. The van der Waals surface area contributed by atoms with Crippen LogP contribution in [0.4, 0.5) is 0 Å². The second-order valence-electron chi connectivity index (χ2n) is 7.06. The molecule has 0 radical (unpaired) electrons. The maximum Gasteiger partial charge on any atom is 0.321 e. The number of aliphatic carboxylic acids is 2. The summed E-state index contributed by atoms with van der Waals surface area (Å²) in [6, 6.07) is 4.92. The van der Waals surface area contributed by atoms with Gasteiger partial charge in [0.1, 0.15) is 12.1 Å². The summed E-state index contributed by atoms with van der Waals surface area (Å²) in [5.74, 6) is -2.07. The maximum atomic E-state index is 11.6. The average Bonchev–Trinajstić information content (AvgIpc) is 2.98. The van der Waals surface area contributed by atoms with Gasteiger partial charge in [-0.25, -0.2) is 0 Å². The number of hydrogen-bond acceptors (Lipinski definition) is 4. The van der Waals surface area contributed by atoms with Crippen LogP contribution in [0, 0.1) is 5.92 Å². The van der Waals surface area contributed by atoms with Crippen molar-refractivity contribution in [2.45, 2.75) is 45.3 Å². The lowest BCUT2D eigenvalue weighted by molar-refractivity contribution is -0.142. The van der Waals surface area contributed by atoms with Gasteiger partial charge in [0.15, 0.2) is 0 Å². The maximum absolute atomic E-state index is 11.6. The smallest absolute Gasteiger partial charge is 0.321 e. The molecule has 0 saturated carbocycles. The fourth-order valence-corrected chi connectivity index (χ4v) is 3.44. The lowest BCUT2D eigenvalue weighted by Crippen LogP contribution is -2.48. The lowest BCUT2D eigenvalue weighted by Gasteiger charge is -2.21. The second-order valence-corrected chi connectivity index (χ2v) is 7.94. The SMILES string of the molecule is CC(C)CC(NC(Cc1ccn(Cc2cc(Cl)cc(Cl)c2)n1)C(=O)O)C(=O)O. The molecule has 0 aliphatic carbocycles. The molecule has 2 atom stereocenters. The first-order valence-electron chi connectivity index (χ1n) is 8.83. The molecule has 0 saturated heterocycles. The Hall–Kier alpha value is -2.09. The predicted octanol–water partition coefficient (Wildman–Crippen LogP) is 3.32. The zero-order chi connectivity index (χ0) is 20.8. The molecule has 152 valence electrons. The summed E-state index contributed by atoms with van der Waals surface area (Å²) in [5, 5.41) is 27.0. The number of aromatic nitrogens is 2. The largest absolute Gasteiger partial charge is 0.480 e. The first-order valence-corrected chi connectivity index (χ1v) is 9.58. The standard InChI is InChI=1S/C19H23Cl2N3O4/c1-11(2)5-16(18(25)26)22-17(19(27)28)9-15-3-4-24(23-15)10-12-6-13(20)8-14(21)7-12/h3-4,6-8,11,16-17,22H,5,9-10H2,1-2H3,(H,25,26)(H,27,28). The predicted molar refractivity (Wildman–Crippen MR) is 107 cm³/mol. The molecule has 3 N–H and O–H groups in total. The van der Waals surface area contributed by atoms with Crippen molar-refractivity contribution in [1.29, 1.82) is 0 Å². The highest BCUT2D eigenvalue weighted by Crippen LogP contribution is 2.19. The number of halogens is 2. The number of carboxylic acid groups (broad SMARTS) is 2. The third-order valence-electron chi connectivity index (χ3n) is 4.08. The molecule has 9 heteroatoms. The van der Waals surface area contributed by atoms with E-state index in [-0.39, 0.29) is 12.3 Å². The van der Waals surface area contributed by atoms with Crippen LogP contribution in [0.5, 0.6) is 0 Å². The summed E-state index contributed by atoms with van der Waals surface area (Å²) in [6.45, 7) is 4.20. The monoisotopic (exact) mass is 427 g/mol. The van der Waals surface area contributed by atoms with Crippen LogP contribution < -0.4 is 5.32 Å². The van der Waals surface area contributed by atoms with Gasteiger partial charge >= 0.3 is 11.9 Å². The number of carboxylic acids is 2. The third kappa shape index (κ3) is 6.82. The van der Waals surface area contributed by atoms with Crippen molar-refractivity contribution in [2.24, 2.45) is 5.92 Å². The molecular weight excluding hydrogens is 405 g/mol. The van der Waals surface area contributed by atoms with Crippen LogP contribution in [-0.4, -0.2) is 44.0 Å². The van der Waals surface area contributed by atoms with Gasteiger partial charge in [0.2, 0.25) is 0 Å². The van der Waals surface area contributed by atoms with E-state index in [0.717, 1.165) is 5.56 Å². The minimum absolute atomic E-state index is 0.0700. The summed E-state index contributed by atoms with van der Waals surface area (Å²) in [6.07, 6.45) is 2.13. The van der Waals surface area contributed by atoms with Gasteiger partial charge in [0.25, 0.3) is 0 Å². The Balaban J connectivity index is 2.07. The molecule has 0 aliphatic heterocycles. The molecule has 7 nitrogen and oxygen atoms in total. The summed E-state index contributed by atoms with van der Waals surface area (Å²) < 4.78 is 1.65. The number of nitrogens with zero attached hydrogens (tertiary/aromatic N) is 2. The Morgan fingerprint density at radius 2 is 1.71 bits per heavy atom. The van der Waals surface area contributed by atoms with Crippen molar-refractivity contribution in [3.8, 4) is 0 Å². The van der Waals surface area contributed by atoms with Gasteiger partial charge in [-0.1, -0.05) is 37.0 Å². The Labute approximate surface area is 173 Å². The molecule has 0 aliphatic rings. The van der Waals surface area contributed by atoms with E-state index in [1.165, 1.54) is 0 Å². The molecular formula is C19H23Cl2N3O4. The number of carbonyl (C=O) groups is 2. The molecule has 1 heterocycles. The minimum atomic E-state index is -1.12. The zero-order valence-electron chi connectivity index (χ0n) is 15.6. The second kappa shape index (κ2) is 9.91. The molecule has 2 rings (SSSR count). The van der Waals surface area contributed by atoms with Crippen molar-refractivity contribution >= 4 is 35.1 Å². The van der Waals surface area contributed by atoms with Crippen molar-refractivity contribution in [2.75, 3.05) is 0 Å². The molecule has 0 spiro atoms. The lowest BCUT2D eigenvalue weighted by atomic mass is 10.0. The minimum Gasteiger partial charge on any atom is -0.480 e. The van der Waals surface area contributed by atoms with Crippen molar-refractivity contribution < 1.29 is 19.8 Å². The Kier molecular flexibility index (Phi) is 7.86. The zero-order valence-corrected chi connectivity index (χ0v) is 17.1. The van der Waals surface area contributed by atoms with E-state index in [4.69, 9.17) is 23.2 Å². The molecule has 28 heavy (non-hydrogen) atoms. The number of benzene rings is 1. The number of nitrogens with one attached hydrogen (secondary N) is 1. The molecule has 0 amide bonds. The number of rotatable bonds is 10. The van der Waals surface area contributed by atoms with Crippen LogP contribution in [0.3, 0.4) is 0 Å². The van der Waals surface area contributed by atoms with Crippen LogP contribution >= 0.6 is 23.2 Å². The highest BCUT2D eigenvalue weighted by Gasteiger charge is 2.27.